The molecule has 78 valence electrons. The van der Waals surface area contributed by atoms with Crippen LogP contribution in [0.3, 0.4) is 0 Å². The van der Waals surface area contributed by atoms with Crippen molar-refractivity contribution in [2.75, 3.05) is 6.61 Å². The summed E-state index contributed by atoms with van der Waals surface area (Å²) in [6, 6.07) is 0.233. The highest BCUT2D eigenvalue weighted by Crippen LogP contribution is 2.21. The molecule has 3 heteroatoms. The van der Waals surface area contributed by atoms with Crippen LogP contribution in [0, 0.1) is 12.5 Å². The molecule has 0 aromatic heterocycles. The lowest BCUT2D eigenvalue weighted by Gasteiger charge is -2.21. The average molecular weight is 187 g/mol. The smallest absolute Gasteiger partial charge is 0.311 e. The molecule has 0 aromatic rings. The second kappa shape index (κ2) is 5.22. The van der Waals surface area contributed by atoms with Crippen LogP contribution in [0.2, 0.25) is 0 Å². The van der Waals surface area contributed by atoms with Crippen molar-refractivity contribution in [2.45, 2.75) is 40.2 Å². The summed E-state index contributed by atoms with van der Waals surface area (Å²) in [5.74, 6) is -0.122. The molecule has 0 bridgehead atoms. The van der Waals surface area contributed by atoms with Gasteiger partial charge in [-0.2, -0.15) is 7.05 Å². The van der Waals surface area contributed by atoms with Gasteiger partial charge in [0.25, 0.3) is 0 Å². The molecule has 3 nitrogen and oxygen atoms in total. The highest BCUT2D eigenvalue weighted by atomic mass is 16.5. The SMILES string of the molecule is [CH2-][NH2+]C(C)COC(=O)C(C)(C)CC. The zero-order chi connectivity index (χ0) is 10.5. The van der Waals surface area contributed by atoms with Crippen LogP contribution in [0.25, 0.3) is 0 Å². The maximum Gasteiger partial charge on any atom is 0.311 e. The van der Waals surface area contributed by atoms with E-state index in [1.165, 1.54) is 0 Å². The van der Waals surface area contributed by atoms with Crippen molar-refractivity contribution in [1.82, 2.24) is 0 Å². The zero-order valence-electron chi connectivity index (χ0n) is 9.09. The van der Waals surface area contributed by atoms with Gasteiger partial charge in [-0.15, -0.1) is 0 Å². The average Bonchev–Trinajstić information content (AvgIpc) is 2.13. The Balaban J connectivity index is 3.88. The van der Waals surface area contributed by atoms with Crippen LogP contribution >= 0.6 is 0 Å². The Morgan fingerprint density at radius 1 is 1.62 bits per heavy atom. The fourth-order valence-corrected chi connectivity index (χ4v) is 0.615. The van der Waals surface area contributed by atoms with Crippen molar-refractivity contribution in [2.24, 2.45) is 5.41 Å². The van der Waals surface area contributed by atoms with Crippen molar-refractivity contribution < 1.29 is 14.8 Å². The third-order valence-corrected chi connectivity index (χ3v) is 2.32. The van der Waals surface area contributed by atoms with Crippen LogP contribution in [0.1, 0.15) is 34.1 Å². The minimum absolute atomic E-state index is 0.122. The Morgan fingerprint density at radius 3 is 2.54 bits per heavy atom. The van der Waals surface area contributed by atoms with E-state index < -0.39 is 0 Å². The number of quaternary nitrogens is 1. The van der Waals surface area contributed by atoms with E-state index in [0.29, 0.717) is 6.61 Å². The highest BCUT2D eigenvalue weighted by Gasteiger charge is 2.27. The van der Waals surface area contributed by atoms with Crippen LogP contribution in [-0.2, 0) is 9.53 Å². The van der Waals surface area contributed by atoms with E-state index in [0.717, 1.165) is 6.42 Å². The Bertz CT molecular complexity index is 166. The first-order valence-electron chi connectivity index (χ1n) is 4.73. The number of rotatable bonds is 5. The first kappa shape index (κ1) is 12.4. The summed E-state index contributed by atoms with van der Waals surface area (Å²) in [7, 11) is 3.63. The van der Waals surface area contributed by atoms with Gasteiger partial charge in [-0.05, 0) is 27.2 Å². The van der Waals surface area contributed by atoms with Gasteiger partial charge in [-0.3, -0.25) is 4.79 Å². The van der Waals surface area contributed by atoms with Crippen LogP contribution in [0.15, 0.2) is 0 Å². The summed E-state index contributed by atoms with van der Waals surface area (Å²) < 4.78 is 5.14. The first-order valence-corrected chi connectivity index (χ1v) is 4.73. The molecule has 0 saturated heterocycles. The number of nitrogens with two attached hydrogens (primary N) is 1. The van der Waals surface area contributed by atoms with E-state index >= 15 is 0 Å². The number of carbonyl (C=O) groups is 1. The Kier molecular flexibility index (Phi) is 4.99. The van der Waals surface area contributed by atoms with E-state index in [9.17, 15) is 4.79 Å². The lowest BCUT2D eigenvalue weighted by atomic mass is 9.91. The Hall–Kier alpha value is -0.570. The van der Waals surface area contributed by atoms with E-state index in [1.54, 1.807) is 5.32 Å². The topological polar surface area (TPSA) is 42.9 Å². The van der Waals surface area contributed by atoms with Gasteiger partial charge in [-0.25, -0.2) is 0 Å². The monoisotopic (exact) mass is 187 g/mol. The number of ether oxygens (including phenoxy) is 1. The largest absolute Gasteiger partial charge is 0.474 e. The normalized spacial score (nSPS) is 13.9. The zero-order valence-corrected chi connectivity index (χ0v) is 9.09. The molecule has 0 rings (SSSR count). The quantitative estimate of drug-likeness (QED) is 0.509. The van der Waals surface area contributed by atoms with Crippen LogP contribution < -0.4 is 5.32 Å². The fraction of sp³-hybridized carbons (Fsp3) is 0.800. The molecule has 0 radical (unpaired) electrons. The van der Waals surface area contributed by atoms with Crippen molar-refractivity contribution in [3.63, 3.8) is 0 Å². The Morgan fingerprint density at radius 2 is 2.15 bits per heavy atom. The molecule has 1 unspecified atom stereocenters. The van der Waals surface area contributed by atoms with Crippen molar-refractivity contribution in [3.8, 4) is 0 Å². The molecule has 0 amide bonds. The summed E-state index contributed by atoms with van der Waals surface area (Å²) in [6.45, 7) is 8.19. The lowest BCUT2D eigenvalue weighted by molar-refractivity contribution is -0.631. The third-order valence-electron chi connectivity index (χ3n) is 2.32. The minimum Gasteiger partial charge on any atom is -0.474 e. The van der Waals surface area contributed by atoms with Gasteiger partial charge in [0.15, 0.2) is 0 Å². The van der Waals surface area contributed by atoms with Gasteiger partial charge in [0.2, 0.25) is 0 Å². The summed E-state index contributed by atoms with van der Waals surface area (Å²) in [5.41, 5.74) is -0.360. The molecule has 0 heterocycles. The molecular formula is C10H21NO2. The summed E-state index contributed by atoms with van der Waals surface area (Å²) in [5, 5.41) is 1.78. The minimum atomic E-state index is -0.360. The fourth-order valence-electron chi connectivity index (χ4n) is 0.615. The molecule has 0 saturated carbocycles. The van der Waals surface area contributed by atoms with Gasteiger partial charge in [0, 0.05) is 0 Å². The summed E-state index contributed by atoms with van der Waals surface area (Å²) in [4.78, 5) is 11.5. The van der Waals surface area contributed by atoms with Crippen LogP contribution in [0.4, 0.5) is 0 Å². The van der Waals surface area contributed by atoms with Crippen molar-refractivity contribution in [1.29, 1.82) is 0 Å². The predicted molar refractivity (Wildman–Crippen MR) is 51.8 cm³/mol. The van der Waals surface area contributed by atoms with Gasteiger partial charge < -0.3 is 10.1 Å². The Labute approximate surface area is 80.8 Å². The van der Waals surface area contributed by atoms with Gasteiger partial charge in [-0.1, -0.05) is 6.92 Å². The predicted octanol–water partition coefficient (Wildman–Crippen LogP) is 0.709. The number of esters is 1. The van der Waals surface area contributed by atoms with E-state index in [4.69, 9.17) is 4.74 Å². The second-order valence-corrected chi connectivity index (χ2v) is 4.05. The van der Waals surface area contributed by atoms with Crippen LogP contribution in [0.5, 0.6) is 0 Å². The van der Waals surface area contributed by atoms with E-state index in [2.05, 4.69) is 7.05 Å². The van der Waals surface area contributed by atoms with Crippen molar-refractivity contribution in [3.05, 3.63) is 7.05 Å². The molecular weight excluding hydrogens is 166 g/mol. The van der Waals surface area contributed by atoms with Gasteiger partial charge in [0.05, 0.1) is 11.5 Å². The van der Waals surface area contributed by atoms with Crippen LogP contribution in [-0.4, -0.2) is 18.6 Å². The maximum atomic E-state index is 11.5. The highest BCUT2D eigenvalue weighted by molar-refractivity contribution is 5.75. The second-order valence-electron chi connectivity index (χ2n) is 4.05. The van der Waals surface area contributed by atoms with E-state index in [1.807, 2.05) is 27.7 Å². The first-order chi connectivity index (χ1) is 5.94. The van der Waals surface area contributed by atoms with Crippen molar-refractivity contribution >= 4 is 5.97 Å². The molecule has 1 atom stereocenters. The number of carbonyl (C=O) groups excluding carboxylic acids is 1. The molecule has 0 aliphatic heterocycles. The standard InChI is InChI=1S/C10H21NO2/c1-6-10(3,4)9(12)13-7-8(2)11-5/h8H,5-7,11H2,1-4H3. The molecule has 0 aliphatic carbocycles. The molecule has 2 N–H and O–H groups in total. The van der Waals surface area contributed by atoms with Gasteiger partial charge in [0.1, 0.15) is 6.61 Å². The number of hydrogen-bond acceptors (Lipinski definition) is 2. The third kappa shape index (κ3) is 4.27. The van der Waals surface area contributed by atoms with E-state index in [-0.39, 0.29) is 17.4 Å². The summed E-state index contributed by atoms with van der Waals surface area (Å²) in [6.07, 6.45) is 0.800. The molecule has 0 aliphatic rings. The lowest BCUT2D eigenvalue weighted by Crippen LogP contribution is -2.84. The molecule has 13 heavy (non-hydrogen) atoms. The molecule has 0 fully saturated rings. The molecule has 0 aromatic carbocycles. The van der Waals surface area contributed by atoms with Gasteiger partial charge >= 0.3 is 5.97 Å². The number of hydrogen-bond donors (Lipinski definition) is 1. The maximum absolute atomic E-state index is 11.5. The summed E-state index contributed by atoms with van der Waals surface area (Å²) >= 11 is 0. The molecule has 0 spiro atoms.